The van der Waals surface area contributed by atoms with Crippen LogP contribution in [0.1, 0.15) is 6.42 Å². The first-order valence-electron chi connectivity index (χ1n) is 6.95. The lowest BCUT2D eigenvalue weighted by Gasteiger charge is -2.05. The first kappa shape index (κ1) is 12.1. The third-order valence-electron chi connectivity index (χ3n) is 3.54. The Labute approximate surface area is 121 Å². The van der Waals surface area contributed by atoms with E-state index in [1.807, 2.05) is 36.4 Å². The van der Waals surface area contributed by atoms with Crippen LogP contribution in [0.5, 0.6) is 11.5 Å². The normalized spacial score (nSPS) is 14.1. The van der Waals surface area contributed by atoms with Crippen LogP contribution in [0.4, 0.5) is 5.69 Å². The van der Waals surface area contributed by atoms with Crippen LogP contribution in [0.3, 0.4) is 0 Å². The molecule has 0 saturated heterocycles. The second-order valence-corrected chi connectivity index (χ2v) is 5.07. The second kappa shape index (κ2) is 4.70. The van der Waals surface area contributed by atoms with Gasteiger partial charge in [-0.3, -0.25) is 0 Å². The summed E-state index contributed by atoms with van der Waals surface area (Å²) in [6.07, 6.45) is 0.896. The predicted molar refractivity (Wildman–Crippen MR) is 81.5 cm³/mol. The van der Waals surface area contributed by atoms with Gasteiger partial charge in [-0.2, -0.15) is 0 Å². The van der Waals surface area contributed by atoms with Crippen molar-refractivity contribution in [1.82, 2.24) is 9.97 Å². The Bertz CT molecular complexity index is 750. The molecule has 0 bridgehead atoms. The minimum Gasteiger partial charge on any atom is -0.489 e. The number of nitrogens with one attached hydrogen (secondary N) is 1. The number of aromatic nitrogens is 2. The number of benzene rings is 2. The molecule has 0 radical (unpaired) electrons. The molecule has 0 unspecified atom stereocenters. The van der Waals surface area contributed by atoms with Gasteiger partial charge in [0.25, 0.3) is 0 Å². The maximum absolute atomic E-state index is 5.71. The third kappa shape index (κ3) is 2.16. The minimum atomic E-state index is 0.674. The molecule has 5 nitrogen and oxygen atoms in total. The van der Waals surface area contributed by atoms with Gasteiger partial charge in [-0.1, -0.05) is 0 Å². The number of rotatable bonds is 1. The van der Waals surface area contributed by atoms with Gasteiger partial charge in [-0.05, 0) is 24.3 Å². The van der Waals surface area contributed by atoms with E-state index in [2.05, 4.69) is 9.97 Å². The van der Waals surface area contributed by atoms with E-state index in [4.69, 9.17) is 15.2 Å². The van der Waals surface area contributed by atoms with Crippen LogP contribution in [-0.2, 0) is 0 Å². The summed E-state index contributed by atoms with van der Waals surface area (Å²) < 4.78 is 11.4. The van der Waals surface area contributed by atoms with Crippen molar-refractivity contribution < 1.29 is 9.47 Å². The van der Waals surface area contributed by atoms with Crippen molar-refractivity contribution in [2.24, 2.45) is 0 Å². The van der Waals surface area contributed by atoms with Crippen molar-refractivity contribution >= 4 is 16.7 Å². The molecule has 2 aromatic carbocycles. The van der Waals surface area contributed by atoms with Crippen LogP contribution in [0, 0.1) is 0 Å². The molecule has 106 valence electrons. The fourth-order valence-electron chi connectivity index (χ4n) is 2.44. The first-order valence-corrected chi connectivity index (χ1v) is 6.95. The van der Waals surface area contributed by atoms with Crippen LogP contribution in [0.2, 0.25) is 0 Å². The Kier molecular flexibility index (Phi) is 2.70. The Hall–Kier alpha value is -2.69. The summed E-state index contributed by atoms with van der Waals surface area (Å²) in [4.78, 5) is 7.93. The predicted octanol–water partition coefficient (Wildman–Crippen LogP) is 2.97. The molecular weight excluding hydrogens is 266 g/mol. The molecule has 0 aliphatic carbocycles. The average molecular weight is 281 g/mol. The third-order valence-corrected chi connectivity index (χ3v) is 3.54. The van der Waals surface area contributed by atoms with E-state index in [0.717, 1.165) is 46.0 Å². The number of imidazole rings is 1. The molecule has 0 fully saturated rings. The molecule has 21 heavy (non-hydrogen) atoms. The fraction of sp³-hybridized carbons (Fsp3) is 0.188. The fourth-order valence-corrected chi connectivity index (χ4v) is 2.44. The summed E-state index contributed by atoms with van der Waals surface area (Å²) >= 11 is 0. The molecule has 3 aromatic rings. The van der Waals surface area contributed by atoms with E-state index in [1.54, 1.807) is 0 Å². The molecule has 0 spiro atoms. The van der Waals surface area contributed by atoms with Crippen LogP contribution in [0.25, 0.3) is 22.4 Å². The van der Waals surface area contributed by atoms with E-state index in [1.165, 1.54) is 0 Å². The SMILES string of the molecule is Nc1ccc(-c2nc3cc4c(cc3[nH]2)OCCCO4)cc1. The maximum atomic E-state index is 5.71. The van der Waals surface area contributed by atoms with Crippen molar-refractivity contribution in [3.8, 4) is 22.9 Å². The molecular formula is C16H15N3O2. The van der Waals surface area contributed by atoms with Crippen molar-refractivity contribution in [2.45, 2.75) is 6.42 Å². The lowest BCUT2D eigenvalue weighted by Crippen LogP contribution is -1.97. The number of nitrogens with zero attached hydrogens (tertiary/aromatic N) is 1. The standard InChI is InChI=1S/C16H15N3O2/c17-11-4-2-10(3-5-11)16-18-12-8-14-15(9-13(12)19-16)21-7-1-6-20-14/h2-5,8-9H,1,6-7,17H2,(H,18,19). The number of anilines is 1. The zero-order valence-electron chi connectivity index (χ0n) is 11.4. The summed E-state index contributed by atoms with van der Waals surface area (Å²) in [5, 5.41) is 0. The number of ether oxygens (including phenoxy) is 2. The molecule has 0 amide bonds. The minimum absolute atomic E-state index is 0.674. The lowest BCUT2D eigenvalue weighted by atomic mass is 10.2. The van der Waals surface area contributed by atoms with Gasteiger partial charge in [0.15, 0.2) is 11.5 Å². The quantitative estimate of drug-likeness (QED) is 0.672. The van der Waals surface area contributed by atoms with Crippen LogP contribution in [-0.4, -0.2) is 23.2 Å². The summed E-state index contributed by atoms with van der Waals surface area (Å²) in [5.74, 6) is 2.34. The van der Waals surface area contributed by atoms with Crippen molar-refractivity contribution in [1.29, 1.82) is 0 Å². The van der Waals surface area contributed by atoms with Crippen LogP contribution >= 0.6 is 0 Å². The van der Waals surface area contributed by atoms with E-state index in [-0.39, 0.29) is 0 Å². The number of H-pyrrole nitrogens is 1. The molecule has 2 heterocycles. The highest BCUT2D eigenvalue weighted by Gasteiger charge is 2.14. The number of aromatic amines is 1. The van der Waals surface area contributed by atoms with E-state index in [0.29, 0.717) is 13.2 Å². The van der Waals surface area contributed by atoms with Gasteiger partial charge >= 0.3 is 0 Å². The maximum Gasteiger partial charge on any atom is 0.163 e. The Morgan fingerprint density at radius 1 is 1.00 bits per heavy atom. The number of hydrogen-bond acceptors (Lipinski definition) is 4. The van der Waals surface area contributed by atoms with Gasteiger partial charge in [0.1, 0.15) is 5.82 Å². The molecule has 0 saturated carbocycles. The topological polar surface area (TPSA) is 73.2 Å². The number of hydrogen-bond donors (Lipinski definition) is 2. The van der Waals surface area contributed by atoms with Crippen molar-refractivity contribution in [3.05, 3.63) is 36.4 Å². The van der Waals surface area contributed by atoms with Gasteiger partial charge in [-0.25, -0.2) is 4.98 Å². The van der Waals surface area contributed by atoms with E-state index in [9.17, 15) is 0 Å². The molecule has 0 atom stereocenters. The van der Waals surface area contributed by atoms with Gasteiger partial charge in [0, 0.05) is 29.8 Å². The summed E-state index contributed by atoms with van der Waals surface area (Å²) in [6.45, 7) is 1.35. The average Bonchev–Trinajstić information content (AvgIpc) is 2.76. The van der Waals surface area contributed by atoms with E-state index >= 15 is 0 Å². The highest BCUT2D eigenvalue weighted by atomic mass is 16.5. The monoisotopic (exact) mass is 281 g/mol. The van der Waals surface area contributed by atoms with Gasteiger partial charge < -0.3 is 20.2 Å². The van der Waals surface area contributed by atoms with Crippen LogP contribution < -0.4 is 15.2 Å². The Balaban J connectivity index is 1.81. The zero-order valence-corrected chi connectivity index (χ0v) is 11.4. The highest BCUT2D eigenvalue weighted by molar-refractivity contribution is 5.83. The summed E-state index contributed by atoms with van der Waals surface area (Å²) in [5.41, 5.74) is 9.25. The summed E-state index contributed by atoms with van der Waals surface area (Å²) in [6, 6.07) is 11.5. The lowest BCUT2D eigenvalue weighted by molar-refractivity contribution is 0.297. The molecule has 1 aliphatic rings. The first-order chi connectivity index (χ1) is 10.3. The highest BCUT2D eigenvalue weighted by Crippen LogP contribution is 2.34. The summed E-state index contributed by atoms with van der Waals surface area (Å²) in [7, 11) is 0. The Morgan fingerprint density at radius 2 is 1.71 bits per heavy atom. The van der Waals surface area contributed by atoms with Crippen molar-refractivity contribution in [2.75, 3.05) is 18.9 Å². The zero-order chi connectivity index (χ0) is 14.2. The molecule has 4 rings (SSSR count). The molecule has 3 N–H and O–H groups in total. The smallest absolute Gasteiger partial charge is 0.163 e. The Morgan fingerprint density at radius 3 is 2.48 bits per heavy atom. The van der Waals surface area contributed by atoms with Gasteiger partial charge in [0.05, 0.1) is 24.2 Å². The second-order valence-electron chi connectivity index (χ2n) is 5.07. The molecule has 5 heteroatoms. The molecule has 1 aliphatic heterocycles. The van der Waals surface area contributed by atoms with Crippen molar-refractivity contribution in [3.63, 3.8) is 0 Å². The number of fused-ring (bicyclic) bond motifs is 2. The van der Waals surface area contributed by atoms with Gasteiger partial charge in [-0.15, -0.1) is 0 Å². The molecule has 1 aromatic heterocycles. The van der Waals surface area contributed by atoms with Gasteiger partial charge in [0.2, 0.25) is 0 Å². The number of nitrogen functional groups attached to an aromatic ring is 1. The van der Waals surface area contributed by atoms with E-state index < -0.39 is 0 Å². The van der Waals surface area contributed by atoms with Crippen LogP contribution in [0.15, 0.2) is 36.4 Å². The largest absolute Gasteiger partial charge is 0.489 e. The number of nitrogens with two attached hydrogens (primary N) is 1.